The van der Waals surface area contributed by atoms with Gasteiger partial charge in [-0.2, -0.15) is 4.98 Å². The van der Waals surface area contributed by atoms with Gasteiger partial charge in [0, 0.05) is 0 Å². The molecule has 0 unspecified atom stereocenters. The van der Waals surface area contributed by atoms with Crippen LogP contribution in [0.3, 0.4) is 0 Å². The molecule has 1 N–H and O–H groups in total. The maximum Gasteiger partial charge on any atom is 0.339 e. The Kier molecular flexibility index (Phi) is 3.38. The van der Waals surface area contributed by atoms with Crippen LogP contribution in [0.5, 0.6) is 5.75 Å². The summed E-state index contributed by atoms with van der Waals surface area (Å²) in [5.74, 6) is 0.192. The average molecular weight is 286 g/mol. The Labute approximate surface area is 118 Å². The van der Waals surface area contributed by atoms with Gasteiger partial charge in [-0.05, 0) is 24.3 Å². The Morgan fingerprint density at radius 2 is 2.10 bits per heavy atom. The molecule has 106 valence electrons. The van der Waals surface area contributed by atoms with Crippen LogP contribution in [0.1, 0.15) is 16.2 Å². The van der Waals surface area contributed by atoms with Gasteiger partial charge in [0.25, 0.3) is 5.89 Å². The summed E-state index contributed by atoms with van der Waals surface area (Å²) in [5, 5.41) is 12.8. The van der Waals surface area contributed by atoms with Gasteiger partial charge < -0.3 is 18.8 Å². The van der Waals surface area contributed by atoms with Gasteiger partial charge in [-0.1, -0.05) is 17.3 Å². The summed E-state index contributed by atoms with van der Waals surface area (Å²) in [6.45, 7) is -0.0298. The molecule has 0 aliphatic heterocycles. The van der Waals surface area contributed by atoms with E-state index in [0.717, 1.165) is 0 Å². The van der Waals surface area contributed by atoms with Crippen molar-refractivity contribution in [1.82, 2.24) is 10.1 Å². The summed E-state index contributed by atoms with van der Waals surface area (Å²) in [7, 11) is 0. The molecule has 0 aliphatic rings. The van der Waals surface area contributed by atoms with Crippen LogP contribution >= 0.6 is 0 Å². The summed E-state index contributed by atoms with van der Waals surface area (Å²) < 4.78 is 15.6. The van der Waals surface area contributed by atoms with Crippen LogP contribution < -0.4 is 4.74 Å². The van der Waals surface area contributed by atoms with E-state index in [1.54, 1.807) is 30.3 Å². The number of furan rings is 1. The minimum absolute atomic E-state index is 0.0298. The maximum atomic E-state index is 11.0. The highest BCUT2D eigenvalue weighted by atomic mass is 16.5. The summed E-state index contributed by atoms with van der Waals surface area (Å²) in [6.07, 6.45) is 1.50. The fraction of sp³-hybridized carbons (Fsp3) is 0.0714. The molecule has 2 aromatic heterocycles. The van der Waals surface area contributed by atoms with Gasteiger partial charge in [-0.3, -0.25) is 0 Å². The lowest BCUT2D eigenvalue weighted by Gasteiger charge is -2.05. The zero-order chi connectivity index (χ0) is 14.7. The van der Waals surface area contributed by atoms with Crippen molar-refractivity contribution in [3.63, 3.8) is 0 Å². The first-order valence-electron chi connectivity index (χ1n) is 6.05. The quantitative estimate of drug-likeness (QED) is 0.769. The van der Waals surface area contributed by atoms with Crippen LogP contribution in [0.4, 0.5) is 0 Å². The molecule has 0 amide bonds. The van der Waals surface area contributed by atoms with Crippen molar-refractivity contribution in [1.29, 1.82) is 0 Å². The van der Waals surface area contributed by atoms with Crippen LogP contribution in [0.25, 0.3) is 11.6 Å². The normalized spacial score (nSPS) is 10.5. The topological polar surface area (TPSA) is 98.6 Å². The monoisotopic (exact) mass is 286 g/mol. The van der Waals surface area contributed by atoms with Crippen LogP contribution in [0.2, 0.25) is 0 Å². The molecule has 0 radical (unpaired) electrons. The van der Waals surface area contributed by atoms with E-state index in [1.807, 2.05) is 0 Å². The standard InChI is InChI=1S/C14H10N2O5/c17-14(18)9-4-1-2-5-10(9)20-8-12-15-13(16-21-12)11-6-3-7-19-11/h1-7H,8H2,(H,17,18). The molecule has 7 nitrogen and oxygen atoms in total. The van der Waals surface area contributed by atoms with Crippen molar-refractivity contribution in [2.75, 3.05) is 0 Å². The number of hydrogen-bond acceptors (Lipinski definition) is 6. The van der Waals surface area contributed by atoms with E-state index in [-0.39, 0.29) is 23.8 Å². The summed E-state index contributed by atoms with van der Waals surface area (Å²) in [6, 6.07) is 9.75. The highest BCUT2D eigenvalue weighted by Crippen LogP contribution is 2.20. The molecule has 0 saturated carbocycles. The predicted octanol–water partition coefficient (Wildman–Crippen LogP) is 2.61. The first-order valence-corrected chi connectivity index (χ1v) is 6.05. The lowest BCUT2D eigenvalue weighted by atomic mass is 10.2. The molecule has 0 aliphatic carbocycles. The number of rotatable bonds is 5. The Morgan fingerprint density at radius 3 is 2.86 bits per heavy atom. The van der Waals surface area contributed by atoms with E-state index in [2.05, 4.69) is 10.1 Å². The van der Waals surface area contributed by atoms with Gasteiger partial charge in [0.05, 0.1) is 6.26 Å². The first-order chi connectivity index (χ1) is 10.2. The number of ether oxygens (including phenoxy) is 1. The summed E-state index contributed by atoms with van der Waals surface area (Å²) in [5.41, 5.74) is 0.0725. The van der Waals surface area contributed by atoms with Crippen molar-refractivity contribution in [2.45, 2.75) is 6.61 Å². The van der Waals surface area contributed by atoms with Gasteiger partial charge >= 0.3 is 5.97 Å². The Morgan fingerprint density at radius 1 is 1.24 bits per heavy atom. The number of carboxylic acids is 1. The largest absolute Gasteiger partial charge is 0.483 e. The molecule has 1 aromatic carbocycles. The minimum Gasteiger partial charge on any atom is -0.483 e. The third kappa shape index (κ3) is 2.76. The molecule has 21 heavy (non-hydrogen) atoms. The van der Waals surface area contributed by atoms with Crippen LogP contribution in [-0.2, 0) is 6.61 Å². The Bertz CT molecular complexity index is 748. The van der Waals surface area contributed by atoms with E-state index in [0.29, 0.717) is 11.6 Å². The molecule has 0 atom stereocenters. The second kappa shape index (κ2) is 5.49. The first kappa shape index (κ1) is 12.9. The molecule has 7 heteroatoms. The van der Waals surface area contributed by atoms with Gasteiger partial charge in [-0.15, -0.1) is 0 Å². The molecular formula is C14H10N2O5. The van der Waals surface area contributed by atoms with Gasteiger partial charge in [0.2, 0.25) is 5.82 Å². The van der Waals surface area contributed by atoms with Crippen LogP contribution in [-0.4, -0.2) is 21.2 Å². The van der Waals surface area contributed by atoms with Crippen molar-refractivity contribution >= 4 is 5.97 Å². The van der Waals surface area contributed by atoms with Crippen molar-refractivity contribution in [2.24, 2.45) is 0 Å². The third-order valence-electron chi connectivity index (χ3n) is 2.68. The number of benzene rings is 1. The predicted molar refractivity (Wildman–Crippen MR) is 69.7 cm³/mol. The molecular weight excluding hydrogens is 276 g/mol. The van der Waals surface area contributed by atoms with Crippen molar-refractivity contribution < 1.29 is 23.6 Å². The molecule has 0 saturated heterocycles. The molecule has 0 spiro atoms. The Hall–Kier alpha value is -3.09. The Balaban J connectivity index is 1.73. The zero-order valence-electron chi connectivity index (χ0n) is 10.7. The lowest BCUT2D eigenvalue weighted by Crippen LogP contribution is -2.03. The number of carboxylic acid groups (broad SMARTS) is 1. The minimum atomic E-state index is -1.06. The van der Waals surface area contributed by atoms with E-state index in [9.17, 15) is 4.79 Å². The molecule has 3 aromatic rings. The third-order valence-corrected chi connectivity index (χ3v) is 2.68. The van der Waals surface area contributed by atoms with Crippen molar-refractivity contribution in [3.05, 3.63) is 54.1 Å². The number of aromatic carboxylic acids is 1. The molecule has 0 fully saturated rings. The van der Waals surface area contributed by atoms with Crippen LogP contribution in [0, 0.1) is 0 Å². The molecule has 3 rings (SSSR count). The summed E-state index contributed by atoms with van der Waals surface area (Å²) in [4.78, 5) is 15.1. The number of hydrogen-bond donors (Lipinski definition) is 1. The zero-order valence-corrected chi connectivity index (χ0v) is 10.7. The van der Waals surface area contributed by atoms with Crippen LogP contribution in [0.15, 0.2) is 51.6 Å². The second-order valence-corrected chi connectivity index (χ2v) is 4.08. The highest BCUT2D eigenvalue weighted by Gasteiger charge is 2.14. The summed E-state index contributed by atoms with van der Waals surface area (Å²) >= 11 is 0. The number of para-hydroxylation sites is 1. The van der Waals surface area contributed by atoms with E-state index >= 15 is 0 Å². The SMILES string of the molecule is O=C(O)c1ccccc1OCc1nc(-c2ccco2)no1. The number of aromatic nitrogens is 2. The van der Waals surface area contributed by atoms with Gasteiger partial charge in [-0.25, -0.2) is 4.79 Å². The second-order valence-electron chi connectivity index (χ2n) is 4.08. The number of nitrogens with zero attached hydrogens (tertiary/aromatic N) is 2. The van der Waals surface area contributed by atoms with Gasteiger partial charge in [0.1, 0.15) is 11.3 Å². The van der Waals surface area contributed by atoms with E-state index in [1.165, 1.54) is 12.3 Å². The lowest BCUT2D eigenvalue weighted by molar-refractivity contribution is 0.0691. The van der Waals surface area contributed by atoms with Gasteiger partial charge in [0.15, 0.2) is 12.4 Å². The highest BCUT2D eigenvalue weighted by molar-refractivity contribution is 5.90. The average Bonchev–Trinajstić information content (AvgIpc) is 3.16. The maximum absolute atomic E-state index is 11.0. The number of carbonyl (C=O) groups is 1. The fourth-order valence-electron chi connectivity index (χ4n) is 1.73. The molecule has 0 bridgehead atoms. The smallest absolute Gasteiger partial charge is 0.339 e. The van der Waals surface area contributed by atoms with Crippen molar-refractivity contribution in [3.8, 4) is 17.3 Å². The van der Waals surface area contributed by atoms with E-state index in [4.69, 9.17) is 18.8 Å². The van der Waals surface area contributed by atoms with E-state index < -0.39 is 5.97 Å². The fourth-order valence-corrected chi connectivity index (χ4v) is 1.73. The molecule has 2 heterocycles.